The highest BCUT2D eigenvalue weighted by molar-refractivity contribution is 6.21. The quantitative estimate of drug-likeness (QED) is 0.858. The zero-order valence-electron chi connectivity index (χ0n) is 13.2. The molecule has 0 fully saturated rings. The average molecular weight is 323 g/mol. The normalized spacial score (nSPS) is 14.6. The second-order valence-electron chi connectivity index (χ2n) is 5.73. The topological polar surface area (TPSA) is 74.7 Å². The number of amides is 2. The minimum absolute atomic E-state index is 0.322. The summed E-state index contributed by atoms with van der Waals surface area (Å²) in [5.41, 5.74) is 2.39. The lowest BCUT2D eigenvalue weighted by Crippen LogP contribution is -2.35. The van der Waals surface area contributed by atoms with E-state index < -0.39 is 23.8 Å². The molecule has 3 rings (SSSR count). The SMILES string of the molecule is CCc1ccc(C(CC(=O)O)N2C(=O)c3ccccc3C2=O)cc1. The molecular formula is C19H17NO4. The summed E-state index contributed by atoms with van der Waals surface area (Å²) in [6.07, 6.45) is 0.536. The van der Waals surface area contributed by atoms with E-state index in [1.165, 1.54) is 0 Å². The third-order valence-corrected chi connectivity index (χ3v) is 4.28. The van der Waals surface area contributed by atoms with E-state index in [4.69, 9.17) is 0 Å². The third kappa shape index (κ3) is 2.69. The first kappa shape index (κ1) is 15.9. The van der Waals surface area contributed by atoms with Crippen molar-refractivity contribution in [3.05, 3.63) is 70.8 Å². The summed E-state index contributed by atoms with van der Waals surface area (Å²) in [5.74, 6) is -1.95. The van der Waals surface area contributed by atoms with E-state index in [1.54, 1.807) is 36.4 Å². The molecule has 122 valence electrons. The molecule has 0 radical (unpaired) electrons. The van der Waals surface area contributed by atoms with E-state index in [1.807, 2.05) is 19.1 Å². The molecule has 1 atom stereocenters. The van der Waals surface area contributed by atoms with E-state index in [-0.39, 0.29) is 6.42 Å². The molecule has 0 aromatic heterocycles. The molecule has 1 unspecified atom stereocenters. The van der Waals surface area contributed by atoms with Gasteiger partial charge in [-0.05, 0) is 29.7 Å². The van der Waals surface area contributed by atoms with Gasteiger partial charge >= 0.3 is 5.97 Å². The molecule has 24 heavy (non-hydrogen) atoms. The van der Waals surface area contributed by atoms with E-state index in [2.05, 4.69) is 0 Å². The monoisotopic (exact) mass is 323 g/mol. The van der Waals surface area contributed by atoms with Gasteiger partial charge in [0.15, 0.2) is 0 Å². The fourth-order valence-electron chi connectivity index (χ4n) is 2.99. The van der Waals surface area contributed by atoms with Gasteiger partial charge in [0.05, 0.1) is 23.6 Å². The smallest absolute Gasteiger partial charge is 0.305 e. The van der Waals surface area contributed by atoms with Gasteiger partial charge < -0.3 is 5.11 Å². The van der Waals surface area contributed by atoms with E-state index >= 15 is 0 Å². The van der Waals surface area contributed by atoms with Crippen LogP contribution in [0, 0.1) is 0 Å². The summed E-state index contributed by atoms with van der Waals surface area (Å²) >= 11 is 0. The second kappa shape index (κ2) is 6.28. The molecule has 2 aromatic carbocycles. The van der Waals surface area contributed by atoms with Crippen LogP contribution in [-0.4, -0.2) is 27.8 Å². The maximum Gasteiger partial charge on any atom is 0.305 e. The first-order valence-electron chi connectivity index (χ1n) is 7.80. The average Bonchev–Trinajstić information content (AvgIpc) is 2.84. The highest BCUT2D eigenvalue weighted by atomic mass is 16.4. The van der Waals surface area contributed by atoms with Gasteiger partial charge in [0.25, 0.3) is 11.8 Å². The van der Waals surface area contributed by atoms with Crippen LogP contribution >= 0.6 is 0 Å². The Bertz CT molecular complexity index is 775. The Morgan fingerprint density at radius 2 is 1.54 bits per heavy atom. The van der Waals surface area contributed by atoms with Crippen molar-refractivity contribution in [1.29, 1.82) is 0 Å². The number of hydrogen-bond acceptors (Lipinski definition) is 3. The Morgan fingerprint density at radius 1 is 1.00 bits per heavy atom. The molecule has 0 spiro atoms. The molecule has 0 bridgehead atoms. The number of carboxylic acid groups (broad SMARTS) is 1. The number of carbonyl (C=O) groups is 3. The van der Waals surface area contributed by atoms with Crippen LogP contribution in [0.2, 0.25) is 0 Å². The van der Waals surface area contributed by atoms with E-state index in [0.717, 1.165) is 16.9 Å². The van der Waals surface area contributed by atoms with Crippen LogP contribution in [0.25, 0.3) is 0 Å². The Hall–Kier alpha value is -2.95. The fourth-order valence-corrected chi connectivity index (χ4v) is 2.99. The van der Waals surface area contributed by atoms with Gasteiger partial charge in [-0.1, -0.05) is 43.3 Å². The highest BCUT2D eigenvalue weighted by Crippen LogP contribution is 2.33. The standard InChI is InChI=1S/C19H17NO4/c1-2-12-7-9-13(10-8-12)16(11-17(21)22)20-18(23)14-5-3-4-6-15(14)19(20)24/h3-10,16H,2,11H2,1H3,(H,21,22). The van der Waals surface area contributed by atoms with E-state index in [9.17, 15) is 19.5 Å². The van der Waals surface area contributed by atoms with Gasteiger partial charge in [0.1, 0.15) is 0 Å². The van der Waals surface area contributed by atoms with E-state index in [0.29, 0.717) is 16.7 Å². The molecule has 0 saturated carbocycles. The lowest BCUT2D eigenvalue weighted by atomic mass is 10.00. The molecule has 1 N–H and O–H groups in total. The molecule has 1 heterocycles. The van der Waals surface area contributed by atoms with Crippen LogP contribution in [0.15, 0.2) is 48.5 Å². The van der Waals surface area contributed by atoms with Crippen molar-refractivity contribution in [2.24, 2.45) is 0 Å². The molecular weight excluding hydrogens is 306 g/mol. The fraction of sp³-hybridized carbons (Fsp3) is 0.211. The highest BCUT2D eigenvalue weighted by Gasteiger charge is 2.41. The number of nitrogens with zero attached hydrogens (tertiary/aromatic N) is 1. The minimum atomic E-state index is -1.06. The van der Waals surface area contributed by atoms with Gasteiger partial charge in [-0.25, -0.2) is 0 Å². The molecule has 2 amide bonds. The number of imide groups is 1. The van der Waals surface area contributed by atoms with Gasteiger partial charge in [-0.15, -0.1) is 0 Å². The van der Waals surface area contributed by atoms with Gasteiger partial charge in [0, 0.05) is 0 Å². The molecule has 5 heteroatoms. The Morgan fingerprint density at radius 3 is 2.00 bits per heavy atom. The number of rotatable bonds is 5. The predicted molar refractivity (Wildman–Crippen MR) is 87.8 cm³/mol. The maximum atomic E-state index is 12.6. The van der Waals surface area contributed by atoms with Gasteiger partial charge in [-0.3, -0.25) is 19.3 Å². The summed E-state index contributed by atoms with van der Waals surface area (Å²) in [6.45, 7) is 2.02. The molecule has 1 aliphatic heterocycles. The van der Waals surface area contributed by atoms with Crippen molar-refractivity contribution in [3.63, 3.8) is 0 Å². The molecule has 2 aromatic rings. The number of fused-ring (bicyclic) bond motifs is 1. The summed E-state index contributed by atoms with van der Waals surface area (Å²) < 4.78 is 0. The van der Waals surface area contributed by atoms with Crippen molar-refractivity contribution in [1.82, 2.24) is 4.90 Å². The second-order valence-corrected chi connectivity index (χ2v) is 5.73. The Labute approximate surface area is 139 Å². The number of benzene rings is 2. The number of carbonyl (C=O) groups excluding carboxylic acids is 2. The number of aliphatic carboxylic acids is 1. The zero-order chi connectivity index (χ0) is 17.3. The van der Waals surface area contributed by atoms with Gasteiger partial charge in [0.2, 0.25) is 0 Å². The van der Waals surface area contributed by atoms with Crippen molar-refractivity contribution < 1.29 is 19.5 Å². The largest absolute Gasteiger partial charge is 0.481 e. The van der Waals surface area contributed by atoms with Crippen molar-refractivity contribution in [2.45, 2.75) is 25.8 Å². The lowest BCUT2D eigenvalue weighted by Gasteiger charge is -2.25. The van der Waals surface area contributed by atoms with Crippen LogP contribution in [0.1, 0.15) is 51.2 Å². The zero-order valence-corrected chi connectivity index (χ0v) is 13.2. The predicted octanol–water partition coefficient (Wildman–Crippen LogP) is 3.06. The van der Waals surface area contributed by atoms with Crippen molar-refractivity contribution in [3.8, 4) is 0 Å². The third-order valence-electron chi connectivity index (χ3n) is 4.28. The van der Waals surface area contributed by atoms with Crippen LogP contribution in [0.3, 0.4) is 0 Å². The van der Waals surface area contributed by atoms with Crippen LogP contribution < -0.4 is 0 Å². The number of aryl methyl sites for hydroxylation is 1. The minimum Gasteiger partial charge on any atom is -0.481 e. The summed E-state index contributed by atoms with van der Waals surface area (Å²) in [7, 11) is 0. The summed E-state index contributed by atoms with van der Waals surface area (Å²) in [5, 5.41) is 9.25. The summed E-state index contributed by atoms with van der Waals surface area (Å²) in [4.78, 5) is 37.6. The van der Waals surface area contributed by atoms with Crippen molar-refractivity contribution in [2.75, 3.05) is 0 Å². The molecule has 1 aliphatic rings. The maximum absolute atomic E-state index is 12.6. The molecule has 0 saturated heterocycles. The lowest BCUT2D eigenvalue weighted by molar-refractivity contribution is -0.138. The van der Waals surface area contributed by atoms with Crippen LogP contribution in [0.4, 0.5) is 0 Å². The first-order valence-corrected chi connectivity index (χ1v) is 7.80. The Kier molecular flexibility index (Phi) is 4.16. The summed E-state index contributed by atoms with van der Waals surface area (Å²) in [6, 6.07) is 13.1. The van der Waals surface area contributed by atoms with Crippen LogP contribution in [-0.2, 0) is 11.2 Å². The van der Waals surface area contributed by atoms with Crippen LogP contribution in [0.5, 0.6) is 0 Å². The molecule has 5 nitrogen and oxygen atoms in total. The van der Waals surface area contributed by atoms with Crippen molar-refractivity contribution >= 4 is 17.8 Å². The number of carboxylic acids is 1. The Balaban J connectivity index is 2.02. The molecule has 0 aliphatic carbocycles. The number of hydrogen-bond donors (Lipinski definition) is 1. The van der Waals surface area contributed by atoms with Gasteiger partial charge in [-0.2, -0.15) is 0 Å². The first-order chi connectivity index (χ1) is 11.5.